The van der Waals surface area contributed by atoms with E-state index in [0.29, 0.717) is 0 Å². The third-order valence-electron chi connectivity index (χ3n) is 2.59. The van der Waals surface area contributed by atoms with Gasteiger partial charge in [-0.1, -0.05) is 30.3 Å². The number of nitrogens with zero attached hydrogens (tertiary/aromatic N) is 3. The van der Waals surface area contributed by atoms with E-state index < -0.39 is 0 Å². The van der Waals surface area contributed by atoms with E-state index in [1.165, 1.54) is 5.56 Å². The summed E-state index contributed by atoms with van der Waals surface area (Å²) >= 11 is 4.95. The Morgan fingerprint density at radius 1 is 1.22 bits per heavy atom. The third-order valence-corrected chi connectivity index (χ3v) is 3.96. The molecule has 0 aliphatic rings. The minimum atomic E-state index is 0.784. The summed E-state index contributed by atoms with van der Waals surface area (Å²) in [4.78, 5) is 4.38. The second kappa shape index (κ2) is 5.04. The molecule has 0 saturated heterocycles. The van der Waals surface area contributed by atoms with Crippen LogP contribution in [0.2, 0.25) is 0 Å². The Hall–Kier alpha value is -1.46. The number of hydrogen-bond donors (Lipinski definition) is 0. The highest BCUT2D eigenvalue weighted by Gasteiger charge is 2.05. The van der Waals surface area contributed by atoms with Crippen molar-refractivity contribution in [2.75, 3.05) is 0 Å². The fourth-order valence-electron chi connectivity index (χ4n) is 1.74. The number of halogens is 1. The summed E-state index contributed by atoms with van der Waals surface area (Å²) in [6, 6.07) is 10.3. The molecule has 90 valence electrons. The van der Waals surface area contributed by atoms with Gasteiger partial charge < -0.3 is 0 Å². The van der Waals surface area contributed by atoms with E-state index in [4.69, 9.17) is 0 Å². The van der Waals surface area contributed by atoms with Crippen LogP contribution >= 0.6 is 27.3 Å². The number of aromatic nitrogens is 3. The van der Waals surface area contributed by atoms with Crippen molar-refractivity contribution in [1.82, 2.24) is 14.8 Å². The number of benzene rings is 1. The fraction of sp³-hybridized carbons (Fsp3) is 0.0769. The standard InChI is InChI=1S/C13H10BrN3S/c14-13-16-12(9-18-13)11-6-15-17(8-11)7-10-4-2-1-3-5-10/h1-6,8-9H,7H2. The monoisotopic (exact) mass is 319 g/mol. The summed E-state index contributed by atoms with van der Waals surface area (Å²) in [5, 5.41) is 6.38. The van der Waals surface area contributed by atoms with Gasteiger partial charge >= 0.3 is 0 Å². The van der Waals surface area contributed by atoms with Gasteiger partial charge in [-0.3, -0.25) is 4.68 Å². The van der Waals surface area contributed by atoms with Crippen LogP contribution in [0.4, 0.5) is 0 Å². The number of thiazole rings is 1. The molecular weight excluding hydrogens is 310 g/mol. The van der Waals surface area contributed by atoms with Gasteiger partial charge in [0.25, 0.3) is 0 Å². The van der Waals surface area contributed by atoms with Crippen molar-refractivity contribution in [1.29, 1.82) is 0 Å². The SMILES string of the molecule is Brc1nc(-c2cnn(Cc3ccccc3)c2)cs1. The molecule has 2 aromatic heterocycles. The van der Waals surface area contributed by atoms with Gasteiger partial charge in [-0.05, 0) is 21.5 Å². The average Bonchev–Trinajstić information content (AvgIpc) is 2.99. The van der Waals surface area contributed by atoms with Gasteiger partial charge in [-0.15, -0.1) is 11.3 Å². The molecule has 0 aliphatic heterocycles. The van der Waals surface area contributed by atoms with Crippen LogP contribution in [0, 0.1) is 0 Å². The molecule has 0 aliphatic carbocycles. The van der Waals surface area contributed by atoms with E-state index in [1.54, 1.807) is 11.3 Å². The molecule has 2 heterocycles. The molecule has 0 spiro atoms. The largest absolute Gasteiger partial charge is 0.268 e. The van der Waals surface area contributed by atoms with Gasteiger partial charge in [-0.2, -0.15) is 5.10 Å². The normalized spacial score (nSPS) is 10.7. The van der Waals surface area contributed by atoms with Crippen molar-refractivity contribution in [2.24, 2.45) is 0 Å². The molecule has 3 rings (SSSR count). The van der Waals surface area contributed by atoms with Crippen LogP contribution in [0.3, 0.4) is 0 Å². The molecular formula is C13H10BrN3S. The maximum Gasteiger partial charge on any atom is 0.159 e. The molecule has 18 heavy (non-hydrogen) atoms. The van der Waals surface area contributed by atoms with Crippen molar-refractivity contribution in [2.45, 2.75) is 6.54 Å². The van der Waals surface area contributed by atoms with E-state index in [1.807, 2.05) is 40.7 Å². The van der Waals surface area contributed by atoms with E-state index in [2.05, 4.69) is 38.1 Å². The van der Waals surface area contributed by atoms with Crippen molar-refractivity contribution in [3.8, 4) is 11.3 Å². The van der Waals surface area contributed by atoms with E-state index in [9.17, 15) is 0 Å². The topological polar surface area (TPSA) is 30.7 Å². The van der Waals surface area contributed by atoms with E-state index in [-0.39, 0.29) is 0 Å². The Kier molecular flexibility index (Phi) is 3.25. The summed E-state index contributed by atoms with van der Waals surface area (Å²) in [6.45, 7) is 0.784. The Morgan fingerprint density at radius 2 is 2.06 bits per heavy atom. The second-order valence-corrected chi connectivity index (χ2v) is 6.03. The first-order valence-electron chi connectivity index (χ1n) is 5.49. The van der Waals surface area contributed by atoms with Gasteiger partial charge in [0.15, 0.2) is 3.92 Å². The number of hydrogen-bond acceptors (Lipinski definition) is 3. The minimum Gasteiger partial charge on any atom is -0.268 e. The summed E-state index contributed by atoms with van der Waals surface area (Å²) in [5.74, 6) is 0. The Bertz CT molecular complexity index is 645. The Morgan fingerprint density at radius 3 is 2.78 bits per heavy atom. The van der Waals surface area contributed by atoms with Crippen LogP contribution in [-0.2, 0) is 6.54 Å². The lowest BCUT2D eigenvalue weighted by Crippen LogP contribution is -1.99. The maximum atomic E-state index is 4.38. The zero-order valence-electron chi connectivity index (χ0n) is 9.45. The van der Waals surface area contributed by atoms with Crippen molar-refractivity contribution in [3.05, 3.63) is 57.6 Å². The summed E-state index contributed by atoms with van der Waals surface area (Å²) in [5.41, 5.74) is 3.26. The van der Waals surface area contributed by atoms with Gasteiger partial charge in [0.05, 0.1) is 18.4 Å². The first-order chi connectivity index (χ1) is 8.81. The van der Waals surface area contributed by atoms with Crippen LogP contribution < -0.4 is 0 Å². The van der Waals surface area contributed by atoms with Gasteiger partial charge in [-0.25, -0.2) is 4.98 Å². The Labute approximate surface area is 117 Å². The zero-order valence-corrected chi connectivity index (χ0v) is 11.9. The molecule has 5 heteroatoms. The third kappa shape index (κ3) is 2.52. The molecule has 0 radical (unpaired) electrons. The smallest absolute Gasteiger partial charge is 0.159 e. The molecule has 1 aromatic carbocycles. The Balaban J connectivity index is 1.82. The highest BCUT2D eigenvalue weighted by molar-refractivity contribution is 9.11. The zero-order chi connectivity index (χ0) is 12.4. The van der Waals surface area contributed by atoms with Crippen molar-refractivity contribution in [3.63, 3.8) is 0 Å². The van der Waals surface area contributed by atoms with Crippen LogP contribution in [-0.4, -0.2) is 14.8 Å². The quantitative estimate of drug-likeness (QED) is 0.734. The predicted octanol–water partition coefficient (Wildman–Crippen LogP) is 3.82. The van der Waals surface area contributed by atoms with Gasteiger partial charge in [0, 0.05) is 17.1 Å². The van der Waals surface area contributed by atoms with Crippen LogP contribution in [0.25, 0.3) is 11.3 Å². The molecule has 0 N–H and O–H groups in total. The molecule has 3 nitrogen and oxygen atoms in total. The average molecular weight is 320 g/mol. The van der Waals surface area contributed by atoms with Crippen LogP contribution in [0.1, 0.15) is 5.56 Å². The van der Waals surface area contributed by atoms with Gasteiger partial charge in [0.2, 0.25) is 0 Å². The highest BCUT2D eigenvalue weighted by atomic mass is 79.9. The summed E-state index contributed by atoms with van der Waals surface area (Å²) in [6.07, 6.45) is 3.87. The molecule has 0 fully saturated rings. The molecule has 0 saturated carbocycles. The maximum absolute atomic E-state index is 4.38. The van der Waals surface area contributed by atoms with E-state index >= 15 is 0 Å². The molecule has 0 unspecified atom stereocenters. The second-order valence-electron chi connectivity index (χ2n) is 3.90. The molecule has 0 amide bonds. The van der Waals surface area contributed by atoms with Crippen LogP contribution in [0.15, 0.2) is 52.0 Å². The lowest BCUT2D eigenvalue weighted by atomic mass is 10.2. The first-order valence-corrected chi connectivity index (χ1v) is 7.16. The highest BCUT2D eigenvalue weighted by Crippen LogP contribution is 2.24. The van der Waals surface area contributed by atoms with Crippen LogP contribution in [0.5, 0.6) is 0 Å². The number of rotatable bonds is 3. The molecule has 0 bridgehead atoms. The van der Waals surface area contributed by atoms with E-state index in [0.717, 1.165) is 21.7 Å². The fourth-order valence-corrected chi connectivity index (χ4v) is 2.76. The van der Waals surface area contributed by atoms with Crippen molar-refractivity contribution >= 4 is 27.3 Å². The summed E-state index contributed by atoms with van der Waals surface area (Å²) in [7, 11) is 0. The molecule has 0 atom stereocenters. The minimum absolute atomic E-state index is 0.784. The first kappa shape index (κ1) is 11.6. The lowest BCUT2D eigenvalue weighted by molar-refractivity contribution is 0.687. The van der Waals surface area contributed by atoms with Crippen molar-refractivity contribution < 1.29 is 0 Å². The summed E-state index contributed by atoms with van der Waals surface area (Å²) < 4.78 is 2.83. The lowest BCUT2D eigenvalue weighted by Gasteiger charge is -2.00. The predicted molar refractivity (Wildman–Crippen MR) is 76.6 cm³/mol. The van der Waals surface area contributed by atoms with Gasteiger partial charge in [0.1, 0.15) is 0 Å². The molecule has 3 aromatic rings.